The van der Waals surface area contributed by atoms with Gasteiger partial charge in [-0.3, -0.25) is 4.72 Å². The van der Waals surface area contributed by atoms with E-state index in [0.717, 1.165) is 4.47 Å². The predicted molar refractivity (Wildman–Crippen MR) is 67.1 cm³/mol. The van der Waals surface area contributed by atoms with Crippen molar-refractivity contribution in [2.75, 3.05) is 4.72 Å². The molecule has 0 aliphatic rings. The molecule has 0 radical (unpaired) electrons. The fourth-order valence-electron chi connectivity index (χ4n) is 1.08. The fourth-order valence-corrected chi connectivity index (χ4v) is 3.47. The second kappa shape index (κ2) is 4.52. The summed E-state index contributed by atoms with van der Waals surface area (Å²) in [6.07, 6.45) is 1.55. The van der Waals surface area contributed by atoms with Crippen LogP contribution < -0.4 is 4.72 Å². The maximum absolute atomic E-state index is 11.9. The van der Waals surface area contributed by atoms with Crippen molar-refractivity contribution in [3.05, 3.63) is 40.3 Å². The molecule has 1 heterocycles. The van der Waals surface area contributed by atoms with Crippen LogP contribution in [-0.2, 0) is 10.0 Å². The first-order chi connectivity index (χ1) is 7.58. The smallest absolute Gasteiger partial charge is 0.255 e. The Labute approximate surface area is 106 Å². The second-order valence-corrected chi connectivity index (χ2v) is 6.39. The van der Waals surface area contributed by atoms with Gasteiger partial charge in [-0.05, 0) is 18.2 Å². The van der Waals surface area contributed by atoms with Crippen LogP contribution in [-0.4, -0.2) is 13.4 Å². The van der Waals surface area contributed by atoms with Gasteiger partial charge in [-0.2, -0.15) is 0 Å². The quantitative estimate of drug-likeness (QED) is 0.946. The van der Waals surface area contributed by atoms with Crippen molar-refractivity contribution in [1.29, 1.82) is 0 Å². The molecule has 0 fully saturated rings. The largest absolute Gasteiger partial charge is 0.263 e. The molecule has 2 rings (SSSR count). The Balaban J connectivity index is 2.33. The number of rotatable bonds is 3. The van der Waals surface area contributed by atoms with Crippen LogP contribution in [0.2, 0.25) is 0 Å². The Hall–Kier alpha value is -0.920. The molecular formula is C9H7BrN2O2S2. The van der Waals surface area contributed by atoms with E-state index >= 15 is 0 Å². The Kier molecular flexibility index (Phi) is 3.27. The summed E-state index contributed by atoms with van der Waals surface area (Å²) in [6.45, 7) is 0. The highest BCUT2D eigenvalue weighted by Gasteiger charge is 2.15. The zero-order valence-electron chi connectivity index (χ0n) is 7.92. The van der Waals surface area contributed by atoms with E-state index in [1.165, 1.54) is 23.5 Å². The fraction of sp³-hybridized carbons (Fsp3) is 0. The van der Waals surface area contributed by atoms with Crippen molar-refractivity contribution in [1.82, 2.24) is 4.98 Å². The third-order valence-electron chi connectivity index (χ3n) is 1.76. The van der Waals surface area contributed by atoms with Crippen LogP contribution in [0, 0.1) is 0 Å². The SMILES string of the molecule is O=S(=O)(Nc1nccs1)c1cccc(Br)c1. The van der Waals surface area contributed by atoms with Gasteiger partial charge in [-0.25, -0.2) is 13.4 Å². The van der Waals surface area contributed by atoms with Crippen molar-refractivity contribution < 1.29 is 8.42 Å². The monoisotopic (exact) mass is 318 g/mol. The number of anilines is 1. The molecule has 0 bridgehead atoms. The van der Waals surface area contributed by atoms with Crippen molar-refractivity contribution >= 4 is 42.4 Å². The molecule has 1 aromatic carbocycles. The average molecular weight is 319 g/mol. The molecule has 0 unspecified atom stereocenters. The normalized spacial score (nSPS) is 11.3. The number of aromatic nitrogens is 1. The van der Waals surface area contributed by atoms with Crippen molar-refractivity contribution in [2.45, 2.75) is 4.90 Å². The van der Waals surface area contributed by atoms with Gasteiger partial charge in [0.1, 0.15) is 0 Å². The van der Waals surface area contributed by atoms with E-state index < -0.39 is 10.0 Å². The molecule has 1 N–H and O–H groups in total. The summed E-state index contributed by atoms with van der Waals surface area (Å²) in [5, 5.41) is 2.07. The van der Waals surface area contributed by atoms with Crippen LogP contribution in [0.1, 0.15) is 0 Å². The Morgan fingerprint density at radius 2 is 2.19 bits per heavy atom. The molecule has 0 saturated heterocycles. The molecule has 2 aromatic rings. The average Bonchev–Trinajstić information content (AvgIpc) is 2.70. The van der Waals surface area contributed by atoms with Gasteiger partial charge in [0.15, 0.2) is 5.13 Å². The zero-order chi connectivity index (χ0) is 11.6. The molecule has 7 heteroatoms. The number of hydrogen-bond acceptors (Lipinski definition) is 4. The minimum absolute atomic E-state index is 0.206. The van der Waals surface area contributed by atoms with E-state index in [4.69, 9.17) is 0 Å². The molecule has 4 nitrogen and oxygen atoms in total. The number of thiazole rings is 1. The zero-order valence-corrected chi connectivity index (χ0v) is 11.1. The number of halogens is 1. The molecule has 0 amide bonds. The maximum Gasteiger partial charge on any atom is 0.263 e. The molecule has 16 heavy (non-hydrogen) atoms. The van der Waals surface area contributed by atoms with Crippen LogP contribution in [0.25, 0.3) is 0 Å². The predicted octanol–water partition coefficient (Wildman–Crippen LogP) is 2.71. The van der Waals surface area contributed by atoms with Gasteiger partial charge < -0.3 is 0 Å². The summed E-state index contributed by atoms with van der Waals surface area (Å²) in [7, 11) is -3.54. The number of benzene rings is 1. The lowest BCUT2D eigenvalue weighted by molar-refractivity contribution is 0.601. The summed E-state index contributed by atoms with van der Waals surface area (Å²) >= 11 is 4.46. The standard InChI is InChI=1S/C9H7BrN2O2S2/c10-7-2-1-3-8(6-7)16(13,14)12-9-11-4-5-15-9/h1-6H,(H,11,12). The van der Waals surface area contributed by atoms with Gasteiger partial charge in [-0.1, -0.05) is 22.0 Å². The van der Waals surface area contributed by atoms with Crippen LogP contribution in [0.15, 0.2) is 45.2 Å². The Bertz CT molecular complexity index is 581. The highest BCUT2D eigenvalue weighted by Crippen LogP contribution is 2.20. The van der Waals surface area contributed by atoms with Crippen LogP contribution >= 0.6 is 27.3 Å². The molecule has 0 atom stereocenters. The summed E-state index contributed by atoms with van der Waals surface area (Å²) in [5.41, 5.74) is 0. The van der Waals surface area contributed by atoms with E-state index in [1.54, 1.807) is 23.7 Å². The van der Waals surface area contributed by atoms with E-state index in [-0.39, 0.29) is 4.90 Å². The van der Waals surface area contributed by atoms with E-state index in [9.17, 15) is 8.42 Å². The number of nitrogens with zero attached hydrogens (tertiary/aromatic N) is 1. The Morgan fingerprint density at radius 3 is 2.81 bits per heavy atom. The Morgan fingerprint density at radius 1 is 1.38 bits per heavy atom. The summed E-state index contributed by atoms with van der Waals surface area (Å²) in [4.78, 5) is 4.07. The minimum Gasteiger partial charge on any atom is -0.255 e. The van der Waals surface area contributed by atoms with E-state index in [2.05, 4.69) is 25.6 Å². The van der Waals surface area contributed by atoms with Crippen LogP contribution in [0.4, 0.5) is 5.13 Å². The topological polar surface area (TPSA) is 59.1 Å². The molecular weight excluding hydrogens is 312 g/mol. The molecule has 1 aromatic heterocycles. The molecule has 0 aliphatic carbocycles. The van der Waals surface area contributed by atoms with Gasteiger partial charge >= 0.3 is 0 Å². The number of nitrogens with one attached hydrogen (secondary N) is 1. The minimum atomic E-state index is -3.54. The van der Waals surface area contributed by atoms with E-state index in [1.807, 2.05) is 0 Å². The maximum atomic E-state index is 11.9. The van der Waals surface area contributed by atoms with Gasteiger partial charge in [0.05, 0.1) is 4.90 Å². The van der Waals surface area contributed by atoms with Crippen molar-refractivity contribution in [3.8, 4) is 0 Å². The van der Waals surface area contributed by atoms with Crippen molar-refractivity contribution in [3.63, 3.8) is 0 Å². The van der Waals surface area contributed by atoms with Crippen molar-refractivity contribution in [2.24, 2.45) is 0 Å². The van der Waals surface area contributed by atoms with Crippen LogP contribution in [0.3, 0.4) is 0 Å². The highest BCUT2D eigenvalue weighted by atomic mass is 79.9. The highest BCUT2D eigenvalue weighted by molar-refractivity contribution is 9.10. The first-order valence-electron chi connectivity index (χ1n) is 4.26. The molecule has 0 spiro atoms. The lowest BCUT2D eigenvalue weighted by atomic mass is 10.4. The molecule has 0 saturated carbocycles. The first kappa shape index (κ1) is 11.6. The number of sulfonamides is 1. The third kappa shape index (κ3) is 2.60. The lowest BCUT2D eigenvalue weighted by Gasteiger charge is -2.04. The van der Waals surface area contributed by atoms with Crippen LogP contribution in [0.5, 0.6) is 0 Å². The third-order valence-corrected chi connectivity index (χ3v) is 4.41. The van der Waals surface area contributed by atoms with E-state index in [0.29, 0.717) is 5.13 Å². The first-order valence-corrected chi connectivity index (χ1v) is 7.41. The van der Waals surface area contributed by atoms with Gasteiger partial charge in [-0.15, -0.1) is 11.3 Å². The summed E-state index contributed by atoms with van der Waals surface area (Å²) in [6, 6.07) is 6.50. The number of hydrogen-bond donors (Lipinski definition) is 1. The lowest BCUT2D eigenvalue weighted by Crippen LogP contribution is -2.12. The summed E-state index contributed by atoms with van der Waals surface area (Å²) < 4.78 is 26.9. The van der Waals surface area contributed by atoms with Gasteiger partial charge in [0.25, 0.3) is 10.0 Å². The molecule has 84 valence electrons. The van der Waals surface area contributed by atoms with Gasteiger partial charge in [0, 0.05) is 16.0 Å². The molecule has 0 aliphatic heterocycles. The van der Waals surface area contributed by atoms with Gasteiger partial charge in [0.2, 0.25) is 0 Å². The summed E-state index contributed by atoms with van der Waals surface area (Å²) in [5.74, 6) is 0. The second-order valence-electron chi connectivity index (χ2n) is 2.90.